The molecule has 2 bridgehead atoms. The Morgan fingerprint density at radius 1 is 1.55 bits per heavy atom. The van der Waals surface area contributed by atoms with Gasteiger partial charge >= 0.3 is 5.97 Å². The zero-order valence-electron chi connectivity index (χ0n) is 6.12. The lowest BCUT2D eigenvalue weighted by atomic mass is 9.84. The molecule has 1 saturated heterocycles. The Bertz CT molecular complexity index is 221. The molecule has 1 aliphatic carbocycles. The van der Waals surface area contributed by atoms with Gasteiger partial charge in [0.25, 0.3) is 0 Å². The number of fused-ring (bicyclic) bond motifs is 2. The van der Waals surface area contributed by atoms with Gasteiger partial charge in [-0.1, -0.05) is 6.58 Å². The minimum absolute atomic E-state index is 0.0620. The van der Waals surface area contributed by atoms with Crippen LogP contribution in [-0.4, -0.2) is 23.3 Å². The number of carbonyl (C=O) groups excluding carboxylic acids is 1. The Balaban J connectivity index is 2.27. The van der Waals surface area contributed by atoms with Gasteiger partial charge in [0.1, 0.15) is 6.10 Å². The summed E-state index contributed by atoms with van der Waals surface area (Å²) >= 11 is 0. The molecule has 0 aromatic carbocycles. The molecule has 0 unspecified atom stereocenters. The molecule has 2 rings (SSSR count). The van der Waals surface area contributed by atoms with Crippen molar-refractivity contribution < 1.29 is 14.6 Å². The highest BCUT2D eigenvalue weighted by atomic mass is 16.6. The Morgan fingerprint density at radius 3 is 3.00 bits per heavy atom. The van der Waals surface area contributed by atoms with Crippen molar-refractivity contribution in [2.45, 2.75) is 25.0 Å². The standard InChI is InChI=1S/C8H10O3/c1-4-6-2-5(3-7(4)9)11-8(6)10/h5-7,9H,1-3H2/t5-,6+,7+/m1/s1. The first-order chi connectivity index (χ1) is 5.18. The summed E-state index contributed by atoms with van der Waals surface area (Å²) in [4.78, 5) is 11.0. The summed E-state index contributed by atoms with van der Waals surface area (Å²) in [6, 6.07) is 0. The van der Waals surface area contributed by atoms with Crippen molar-refractivity contribution in [2.24, 2.45) is 5.92 Å². The molecule has 0 amide bonds. The van der Waals surface area contributed by atoms with E-state index in [1.165, 1.54) is 0 Å². The van der Waals surface area contributed by atoms with Crippen molar-refractivity contribution in [1.82, 2.24) is 0 Å². The van der Waals surface area contributed by atoms with Crippen molar-refractivity contribution in [3.8, 4) is 0 Å². The molecule has 3 atom stereocenters. The maximum atomic E-state index is 11.0. The number of rotatable bonds is 0. The van der Waals surface area contributed by atoms with E-state index in [1.807, 2.05) is 0 Å². The number of esters is 1. The molecule has 1 heterocycles. The molecule has 0 radical (unpaired) electrons. The lowest BCUT2D eigenvalue weighted by Crippen LogP contribution is -2.26. The van der Waals surface area contributed by atoms with Crippen LogP contribution >= 0.6 is 0 Å². The van der Waals surface area contributed by atoms with E-state index in [-0.39, 0.29) is 18.0 Å². The Hall–Kier alpha value is -0.830. The van der Waals surface area contributed by atoms with Crippen LogP contribution in [0.4, 0.5) is 0 Å². The molecule has 11 heavy (non-hydrogen) atoms. The number of aliphatic hydroxyl groups is 1. The number of carbonyl (C=O) groups is 1. The normalized spacial score (nSPS) is 42.5. The summed E-state index contributed by atoms with van der Waals surface area (Å²) in [5.74, 6) is -0.444. The van der Waals surface area contributed by atoms with Gasteiger partial charge in [0, 0.05) is 12.8 Å². The molecular weight excluding hydrogens is 144 g/mol. The van der Waals surface area contributed by atoms with Crippen LogP contribution in [0.15, 0.2) is 12.2 Å². The van der Waals surface area contributed by atoms with Gasteiger partial charge in [-0.15, -0.1) is 0 Å². The highest BCUT2D eigenvalue weighted by Crippen LogP contribution is 2.37. The van der Waals surface area contributed by atoms with Crippen molar-refractivity contribution in [3.63, 3.8) is 0 Å². The molecule has 3 heteroatoms. The van der Waals surface area contributed by atoms with E-state index in [4.69, 9.17) is 4.74 Å². The number of ether oxygens (including phenoxy) is 1. The summed E-state index contributed by atoms with van der Waals surface area (Å²) in [7, 11) is 0. The third-order valence-corrected chi connectivity index (χ3v) is 2.43. The fourth-order valence-electron chi connectivity index (χ4n) is 1.73. The van der Waals surface area contributed by atoms with Gasteiger partial charge in [0.2, 0.25) is 0 Å². The van der Waals surface area contributed by atoms with E-state index in [0.717, 1.165) is 0 Å². The third kappa shape index (κ3) is 0.878. The van der Waals surface area contributed by atoms with Crippen molar-refractivity contribution in [2.75, 3.05) is 0 Å². The maximum Gasteiger partial charge on any atom is 0.313 e. The highest BCUT2D eigenvalue weighted by Gasteiger charge is 2.43. The molecule has 1 aliphatic heterocycles. The summed E-state index contributed by atoms with van der Waals surface area (Å²) < 4.78 is 4.97. The van der Waals surface area contributed by atoms with Crippen LogP contribution in [0.3, 0.4) is 0 Å². The van der Waals surface area contributed by atoms with Gasteiger partial charge in [-0.3, -0.25) is 4.79 Å². The van der Waals surface area contributed by atoms with Crippen LogP contribution in [0.25, 0.3) is 0 Å². The number of aliphatic hydroxyl groups excluding tert-OH is 1. The quantitative estimate of drug-likeness (QED) is 0.401. The molecule has 0 aromatic heterocycles. The average Bonchev–Trinajstić information content (AvgIpc) is 2.24. The monoisotopic (exact) mass is 154 g/mol. The lowest BCUT2D eigenvalue weighted by molar-refractivity contribution is -0.142. The predicted octanol–water partition coefficient (Wildman–Crippen LogP) is 0.239. The Kier molecular flexibility index (Phi) is 1.29. The van der Waals surface area contributed by atoms with Crippen LogP contribution in [0.1, 0.15) is 12.8 Å². The van der Waals surface area contributed by atoms with Gasteiger partial charge in [-0.2, -0.15) is 0 Å². The average molecular weight is 154 g/mol. The molecule has 0 spiro atoms. The van der Waals surface area contributed by atoms with Gasteiger partial charge < -0.3 is 9.84 Å². The fourth-order valence-corrected chi connectivity index (χ4v) is 1.73. The van der Waals surface area contributed by atoms with Crippen LogP contribution in [0.2, 0.25) is 0 Å². The van der Waals surface area contributed by atoms with Crippen molar-refractivity contribution in [3.05, 3.63) is 12.2 Å². The summed E-state index contributed by atoms with van der Waals surface area (Å²) in [6.07, 6.45) is 0.647. The van der Waals surface area contributed by atoms with Crippen LogP contribution < -0.4 is 0 Å². The molecule has 0 aromatic rings. The second-order valence-corrected chi connectivity index (χ2v) is 3.17. The summed E-state index contributed by atoms with van der Waals surface area (Å²) in [5, 5.41) is 9.34. The van der Waals surface area contributed by atoms with Crippen molar-refractivity contribution >= 4 is 5.97 Å². The minimum atomic E-state index is -0.537. The highest BCUT2D eigenvalue weighted by molar-refractivity contribution is 5.78. The predicted molar refractivity (Wildman–Crippen MR) is 37.8 cm³/mol. The topological polar surface area (TPSA) is 46.5 Å². The third-order valence-electron chi connectivity index (χ3n) is 2.43. The smallest absolute Gasteiger partial charge is 0.313 e. The van der Waals surface area contributed by atoms with Crippen LogP contribution in [0, 0.1) is 5.92 Å². The first kappa shape index (κ1) is 6.85. The van der Waals surface area contributed by atoms with Gasteiger partial charge in [-0.25, -0.2) is 0 Å². The largest absolute Gasteiger partial charge is 0.462 e. The van der Waals surface area contributed by atoms with E-state index in [2.05, 4.69) is 6.58 Å². The van der Waals surface area contributed by atoms with E-state index >= 15 is 0 Å². The number of hydrogen-bond acceptors (Lipinski definition) is 3. The molecular formula is C8H10O3. The molecule has 60 valence electrons. The van der Waals surface area contributed by atoms with Crippen molar-refractivity contribution in [1.29, 1.82) is 0 Å². The Labute approximate surface area is 64.7 Å². The van der Waals surface area contributed by atoms with E-state index in [9.17, 15) is 9.90 Å². The Morgan fingerprint density at radius 2 is 2.27 bits per heavy atom. The minimum Gasteiger partial charge on any atom is -0.462 e. The second kappa shape index (κ2) is 2.08. The summed E-state index contributed by atoms with van der Waals surface area (Å²) in [6.45, 7) is 3.67. The zero-order valence-corrected chi connectivity index (χ0v) is 6.12. The molecule has 3 nitrogen and oxygen atoms in total. The SMILES string of the molecule is C=C1[C@@H]2C[C@H](C[C@@H]1O)OC2=O. The second-order valence-electron chi connectivity index (χ2n) is 3.17. The van der Waals surface area contributed by atoms with Crippen LogP contribution in [0.5, 0.6) is 0 Å². The molecule has 2 aliphatic rings. The molecule has 1 saturated carbocycles. The van der Waals surface area contributed by atoms with Gasteiger partial charge in [0.05, 0.1) is 12.0 Å². The molecule has 2 fully saturated rings. The van der Waals surface area contributed by atoms with E-state index in [1.54, 1.807) is 0 Å². The fraction of sp³-hybridized carbons (Fsp3) is 0.625. The van der Waals surface area contributed by atoms with Crippen LogP contribution in [-0.2, 0) is 9.53 Å². The maximum absolute atomic E-state index is 11.0. The first-order valence-corrected chi connectivity index (χ1v) is 3.75. The van der Waals surface area contributed by atoms with E-state index < -0.39 is 6.10 Å². The van der Waals surface area contributed by atoms with E-state index in [0.29, 0.717) is 18.4 Å². The lowest BCUT2D eigenvalue weighted by Gasteiger charge is -2.22. The van der Waals surface area contributed by atoms with Gasteiger partial charge in [0.15, 0.2) is 0 Å². The first-order valence-electron chi connectivity index (χ1n) is 3.75. The number of hydrogen-bond donors (Lipinski definition) is 1. The zero-order chi connectivity index (χ0) is 8.01. The van der Waals surface area contributed by atoms with Gasteiger partial charge in [-0.05, 0) is 5.57 Å². The molecule has 1 N–H and O–H groups in total. The summed E-state index contributed by atoms with van der Waals surface area (Å²) in [5.41, 5.74) is 0.628.